The van der Waals surface area contributed by atoms with Crippen LogP contribution < -0.4 is 11.1 Å². The highest BCUT2D eigenvalue weighted by Crippen LogP contribution is 2.13. The second-order valence-corrected chi connectivity index (χ2v) is 4.30. The number of carbonyl (C=O) groups excluding carboxylic acids is 1. The number of carbonyl (C=O) groups is 1. The van der Waals surface area contributed by atoms with E-state index in [9.17, 15) is 4.79 Å². The summed E-state index contributed by atoms with van der Waals surface area (Å²) in [6.45, 7) is 0. The lowest BCUT2D eigenvalue weighted by Crippen LogP contribution is -2.13. The highest BCUT2D eigenvalue weighted by molar-refractivity contribution is 6.02. The zero-order valence-electron chi connectivity index (χ0n) is 11.0. The molecular formula is C14H12N6O. The van der Waals surface area contributed by atoms with Gasteiger partial charge < -0.3 is 11.1 Å². The molecule has 2 heterocycles. The van der Waals surface area contributed by atoms with Crippen LogP contribution in [0.5, 0.6) is 0 Å². The third-order valence-electron chi connectivity index (χ3n) is 2.79. The van der Waals surface area contributed by atoms with E-state index < -0.39 is 0 Å². The SMILES string of the molecule is Nc1ccc(C(=O)Nc2ccc(-n3nccn3)cc2)nc1. The second-order valence-electron chi connectivity index (χ2n) is 4.30. The lowest BCUT2D eigenvalue weighted by molar-refractivity contribution is 0.102. The van der Waals surface area contributed by atoms with Gasteiger partial charge in [0, 0.05) is 5.69 Å². The van der Waals surface area contributed by atoms with Crippen LogP contribution in [0.2, 0.25) is 0 Å². The first-order valence-corrected chi connectivity index (χ1v) is 6.22. The van der Waals surface area contributed by atoms with Crippen LogP contribution in [0.15, 0.2) is 55.0 Å². The molecule has 0 aliphatic heterocycles. The number of hydrogen-bond acceptors (Lipinski definition) is 5. The molecule has 7 heteroatoms. The summed E-state index contributed by atoms with van der Waals surface area (Å²) < 4.78 is 0. The number of nitrogens with one attached hydrogen (secondary N) is 1. The summed E-state index contributed by atoms with van der Waals surface area (Å²) in [5, 5.41) is 10.8. The lowest BCUT2D eigenvalue weighted by Gasteiger charge is -2.06. The Hall–Kier alpha value is -3.22. The van der Waals surface area contributed by atoms with Gasteiger partial charge in [-0.15, -0.1) is 0 Å². The summed E-state index contributed by atoms with van der Waals surface area (Å²) >= 11 is 0. The standard InChI is InChI=1S/C14H12N6O/c15-10-1-6-13(16-9-10)14(21)19-11-2-4-12(5-3-11)20-17-7-8-18-20/h1-9H,15H2,(H,19,21). The fraction of sp³-hybridized carbons (Fsp3) is 0. The molecule has 0 aliphatic carbocycles. The molecule has 1 amide bonds. The van der Waals surface area contributed by atoms with Crippen molar-refractivity contribution < 1.29 is 4.79 Å². The Morgan fingerprint density at radius 1 is 1.05 bits per heavy atom. The normalized spacial score (nSPS) is 10.3. The van der Waals surface area contributed by atoms with Crippen molar-refractivity contribution in [1.82, 2.24) is 20.0 Å². The van der Waals surface area contributed by atoms with E-state index in [-0.39, 0.29) is 5.91 Å². The van der Waals surface area contributed by atoms with E-state index in [1.807, 2.05) is 12.1 Å². The molecule has 0 atom stereocenters. The minimum atomic E-state index is -0.292. The van der Waals surface area contributed by atoms with Crippen molar-refractivity contribution in [2.24, 2.45) is 0 Å². The number of aromatic nitrogens is 4. The topological polar surface area (TPSA) is 98.7 Å². The number of anilines is 2. The number of amides is 1. The van der Waals surface area contributed by atoms with E-state index in [4.69, 9.17) is 5.73 Å². The van der Waals surface area contributed by atoms with E-state index in [1.165, 1.54) is 11.0 Å². The smallest absolute Gasteiger partial charge is 0.274 e. The summed E-state index contributed by atoms with van der Waals surface area (Å²) in [5.41, 5.74) is 7.83. The molecule has 0 saturated heterocycles. The van der Waals surface area contributed by atoms with E-state index in [2.05, 4.69) is 20.5 Å². The number of hydrogen-bond donors (Lipinski definition) is 2. The number of nitrogen functional groups attached to an aromatic ring is 1. The molecule has 21 heavy (non-hydrogen) atoms. The average molecular weight is 280 g/mol. The van der Waals surface area contributed by atoms with Crippen molar-refractivity contribution in [3.63, 3.8) is 0 Å². The quantitative estimate of drug-likeness (QED) is 0.757. The first-order valence-electron chi connectivity index (χ1n) is 6.22. The molecule has 2 aromatic heterocycles. The third-order valence-corrected chi connectivity index (χ3v) is 2.79. The summed E-state index contributed by atoms with van der Waals surface area (Å²) in [7, 11) is 0. The molecule has 0 aliphatic rings. The Morgan fingerprint density at radius 3 is 2.38 bits per heavy atom. The minimum absolute atomic E-state index is 0.292. The van der Waals surface area contributed by atoms with Crippen molar-refractivity contribution in [1.29, 1.82) is 0 Å². The fourth-order valence-corrected chi connectivity index (χ4v) is 1.76. The number of nitrogens with zero attached hydrogens (tertiary/aromatic N) is 4. The number of pyridine rings is 1. The van der Waals surface area contributed by atoms with Crippen LogP contribution in [-0.4, -0.2) is 25.9 Å². The monoisotopic (exact) mass is 280 g/mol. The third kappa shape index (κ3) is 2.86. The predicted octanol–water partition coefficient (Wildman–Crippen LogP) is 1.50. The molecule has 0 fully saturated rings. The van der Waals surface area contributed by atoms with Gasteiger partial charge in [-0.05, 0) is 36.4 Å². The van der Waals surface area contributed by atoms with Crippen LogP contribution in [0, 0.1) is 0 Å². The van der Waals surface area contributed by atoms with Crippen LogP contribution in [0.25, 0.3) is 5.69 Å². The maximum absolute atomic E-state index is 12.0. The minimum Gasteiger partial charge on any atom is -0.397 e. The molecule has 7 nitrogen and oxygen atoms in total. The van der Waals surface area contributed by atoms with Gasteiger partial charge in [-0.25, -0.2) is 4.98 Å². The van der Waals surface area contributed by atoms with Gasteiger partial charge >= 0.3 is 0 Å². The Balaban J connectivity index is 1.73. The molecule has 0 spiro atoms. The van der Waals surface area contributed by atoms with Crippen molar-refractivity contribution in [2.45, 2.75) is 0 Å². The molecule has 0 unspecified atom stereocenters. The van der Waals surface area contributed by atoms with E-state index in [1.54, 1.807) is 36.7 Å². The number of benzene rings is 1. The molecular weight excluding hydrogens is 268 g/mol. The van der Waals surface area contributed by atoms with Crippen LogP contribution in [0.3, 0.4) is 0 Å². The van der Waals surface area contributed by atoms with Crippen LogP contribution in [-0.2, 0) is 0 Å². The Kier molecular flexibility index (Phi) is 3.30. The molecule has 0 saturated carbocycles. The van der Waals surface area contributed by atoms with Gasteiger partial charge in [-0.3, -0.25) is 4.79 Å². The molecule has 1 aromatic carbocycles. The summed E-state index contributed by atoms with van der Waals surface area (Å²) in [6.07, 6.45) is 4.65. The Labute approximate surface area is 120 Å². The fourth-order valence-electron chi connectivity index (χ4n) is 1.76. The van der Waals surface area contributed by atoms with Crippen LogP contribution in [0.1, 0.15) is 10.5 Å². The number of rotatable bonds is 3. The Bertz CT molecular complexity index is 734. The largest absolute Gasteiger partial charge is 0.397 e. The second kappa shape index (κ2) is 5.41. The van der Waals surface area contributed by atoms with E-state index in [0.29, 0.717) is 17.1 Å². The maximum Gasteiger partial charge on any atom is 0.274 e. The summed E-state index contributed by atoms with van der Waals surface area (Å²) in [5.74, 6) is -0.292. The van der Waals surface area contributed by atoms with E-state index in [0.717, 1.165) is 5.69 Å². The van der Waals surface area contributed by atoms with Crippen LogP contribution in [0.4, 0.5) is 11.4 Å². The van der Waals surface area contributed by atoms with Crippen molar-refractivity contribution in [3.8, 4) is 5.69 Å². The van der Waals surface area contributed by atoms with Gasteiger partial charge in [0.2, 0.25) is 0 Å². The molecule has 104 valence electrons. The highest BCUT2D eigenvalue weighted by atomic mass is 16.1. The molecule has 0 bridgehead atoms. The van der Waals surface area contributed by atoms with Crippen molar-refractivity contribution in [2.75, 3.05) is 11.1 Å². The van der Waals surface area contributed by atoms with Gasteiger partial charge in [0.05, 0.1) is 30.0 Å². The first-order chi connectivity index (χ1) is 10.2. The maximum atomic E-state index is 12.0. The average Bonchev–Trinajstić information content (AvgIpc) is 3.03. The molecule has 3 aromatic rings. The zero-order chi connectivity index (χ0) is 14.7. The molecule has 0 radical (unpaired) electrons. The molecule has 3 rings (SSSR count). The molecule has 3 N–H and O–H groups in total. The van der Waals surface area contributed by atoms with Crippen molar-refractivity contribution >= 4 is 17.3 Å². The van der Waals surface area contributed by atoms with Crippen LogP contribution >= 0.6 is 0 Å². The zero-order valence-corrected chi connectivity index (χ0v) is 11.0. The van der Waals surface area contributed by atoms with Gasteiger partial charge in [0.1, 0.15) is 5.69 Å². The van der Waals surface area contributed by atoms with Gasteiger partial charge in [0.25, 0.3) is 5.91 Å². The number of nitrogens with two attached hydrogens (primary N) is 1. The highest BCUT2D eigenvalue weighted by Gasteiger charge is 2.07. The predicted molar refractivity (Wildman–Crippen MR) is 78.0 cm³/mol. The van der Waals surface area contributed by atoms with Crippen molar-refractivity contribution in [3.05, 3.63) is 60.7 Å². The first kappa shape index (κ1) is 12.8. The van der Waals surface area contributed by atoms with Gasteiger partial charge in [-0.2, -0.15) is 15.0 Å². The van der Waals surface area contributed by atoms with E-state index >= 15 is 0 Å². The Morgan fingerprint density at radius 2 is 1.76 bits per heavy atom. The lowest BCUT2D eigenvalue weighted by atomic mass is 10.2. The van der Waals surface area contributed by atoms with Gasteiger partial charge in [0.15, 0.2) is 0 Å². The summed E-state index contributed by atoms with van der Waals surface area (Å²) in [4.78, 5) is 17.5. The summed E-state index contributed by atoms with van der Waals surface area (Å²) in [6, 6.07) is 10.4. The van der Waals surface area contributed by atoms with Gasteiger partial charge in [-0.1, -0.05) is 0 Å².